The first-order valence-electron chi connectivity index (χ1n) is 5.37. The van der Waals surface area contributed by atoms with Crippen LogP contribution in [0.4, 0.5) is 5.69 Å². The number of nitrogen functional groups attached to an aromatic ring is 1. The summed E-state index contributed by atoms with van der Waals surface area (Å²) in [5.74, 6) is -0.874. The molecular weight excluding hydrogens is 254 g/mol. The number of halogens is 1. The Labute approximate surface area is 110 Å². The lowest BCUT2D eigenvalue weighted by Gasteiger charge is -2.25. The maximum absolute atomic E-state index is 12.0. The number of anilines is 1. The summed E-state index contributed by atoms with van der Waals surface area (Å²) in [6.07, 6.45) is 0.0409. The standard InChI is InChI=1S/C12H16ClN3O2/c1-12(2,6-10(15)17)16-11(18)8-5-7(13)3-4-9(8)14/h3-5H,6,14H2,1-2H3,(H2,15,17)(H,16,18). The van der Waals surface area contributed by atoms with Crippen LogP contribution in [0.3, 0.4) is 0 Å². The lowest BCUT2D eigenvalue weighted by atomic mass is 9.99. The molecule has 0 saturated heterocycles. The van der Waals surface area contributed by atoms with Crippen molar-refractivity contribution in [3.63, 3.8) is 0 Å². The number of primary amides is 1. The number of amides is 2. The van der Waals surface area contributed by atoms with Crippen molar-refractivity contribution < 1.29 is 9.59 Å². The first kappa shape index (κ1) is 14.3. The van der Waals surface area contributed by atoms with E-state index < -0.39 is 11.4 Å². The van der Waals surface area contributed by atoms with Crippen molar-refractivity contribution in [2.45, 2.75) is 25.8 Å². The fourth-order valence-electron chi connectivity index (χ4n) is 1.58. The van der Waals surface area contributed by atoms with Gasteiger partial charge in [-0.25, -0.2) is 0 Å². The molecule has 1 aromatic rings. The van der Waals surface area contributed by atoms with Gasteiger partial charge in [0.15, 0.2) is 0 Å². The monoisotopic (exact) mass is 269 g/mol. The van der Waals surface area contributed by atoms with Crippen LogP contribution in [0.2, 0.25) is 5.02 Å². The molecular formula is C12H16ClN3O2. The molecule has 0 spiro atoms. The molecule has 5 N–H and O–H groups in total. The minimum absolute atomic E-state index is 0.0409. The fraction of sp³-hybridized carbons (Fsp3) is 0.333. The molecule has 0 bridgehead atoms. The quantitative estimate of drug-likeness (QED) is 0.719. The van der Waals surface area contributed by atoms with Gasteiger partial charge in [-0.3, -0.25) is 9.59 Å². The number of nitrogens with two attached hydrogens (primary N) is 2. The topological polar surface area (TPSA) is 98.2 Å². The summed E-state index contributed by atoms with van der Waals surface area (Å²) >= 11 is 5.81. The summed E-state index contributed by atoms with van der Waals surface area (Å²) in [5, 5.41) is 3.11. The first-order valence-corrected chi connectivity index (χ1v) is 5.75. The number of carbonyl (C=O) groups is 2. The van der Waals surface area contributed by atoms with Gasteiger partial charge in [-0.1, -0.05) is 11.6 Å². The summed E-state index contributed by atoms with van der Waals surface area (Å²) in [5.41, 5.74) is 10.7. The first-order chi connectivity index (χ1) is 8.21. The largest absolute Gasteiger partial charge is 0.398 e. The molecule has 0 radical (unpaired) electrons. The van der Waals surface area contributed by atoms with E-state index in [9.17, 15) is 9.59 Å². The van der Waals surface area contributed by atoms with Gasteiger partial charge in [0.1, 0.15) is 0 Å². The third-order valence-corrected chi connectivity index (χ3v) is 2.56. The molecule has 0 aliphatic heterocycles. The van der Waals surface area contributed by atoms with Crippen LogP contribution in [0, 0.1) is 0 Å². The smallest absolute Gasteiger partial charge is 0.253 e. The van der Waals surface area contributed by atoms with Gasteiger partial charge in [-0.2, -0.15) is 0 Å². The van der Waals surface area contributed by atoms with Crippen molar-refractivity contribution in [3.05, 3.63) is 28.8 Å². The average Bonchev–Trinajstić information content (AvgIpc) is 2.18. The van der Waals surface area contributed by atoms with E-state index in [1.165, 1.54) is 6.07 Å². The molecule has 0 aliphatic carbocycles. The lowest BCUT2D eigenvalue weighted by Crippen LogP contribution is -2.46. The maximum atomic E-state index is 12.0. The molecule has 0 fully saturated rings. The van der Waals surface area contributed by atoms with Gasteiger partial charge in [0.2, 0.25) is 5.91 Å². The Hall–Kier alpha value is -1.75. The molecule has 5 nitrogen and oxygen atoms in total. The maximum Gasteiger partial charge on any atom is 0.253 e. The van der Waals surface area contributed by atoms with E-state index in [-0.39, 0.29) is 17.9 Å². The summed E-state index contributed by atoms with van der Waals surface area (Å²) in [7, 11) is 0. The molecule has 6 heteroatoms. The highest BCUT2D eigenvalue weighted by atomic mass is 35.5. The molecule has 1 aromatic carbocycles. The van der Waals surface area contributed by atoms with Crippen molar-refractivity contribution in [2.24, 2.45) is 5.73 Å². The average molecular weight is 270 g/mol. The Kier molecular flexibility index (Phi) is 4.19. The third-order valence-electron chi connectivity index (χ3n) is 2.33. The molecule has 18 heavy (non-hydrogen) atoms. The molecule has 0 saturated carbocycles. The van der Waals surface area contributed by atoms with E-state index in [2.05, 4.69) is 5.32 Å². The van der Waals surface area contributed by atoms with Crippen LogP contribution in [0.15, 0.2) is 18.2 Å². The van der Waals surface area contributed by atoms with E-state index in [4.69, 9.17) is 23.1 Å². The van der Waals surface area contributed by atoms with E-state index in [0.29, 0.717) is 10.7 Å². The number of rotatable bonds is 4. The van der Waals surface area contributed by atoms with Crippen LogP contribution < -0.4 is 16.8 Å². The molecule has 98 valence electrons. The van der Waals surface area contributed by atoms with E-state index in [0.717, 1.165) is 0 Å². The van der Waals surface area contributed by atoms with Crippen LogP contribution in [0.5, 0.6) is 0 Å². The molecule has 0 unspecified atom stereocenters. The van der Waals surface area contributed by atoms with Gasteiger partial charge in [0.05, 0.1) is 5.56 Å². The Morgan fingerprint density at radius 1 is 1.39 bits per heavy atom. The molecule has 0 aliphatic rings. The van der Waals surface area contributed by atoms with Gasteiger partial charge >= 0.3 is 0 Å². The zero-order valence-corrected chi connectivity index (χ0v) is 11.0. The number of carbonyl (C=O) groups excluding carboxylic acids is 2. The van der Waals surface area contributed by atoms with Crippen molar-refractivity contribution in [1.29, 1.82) is 0 Å². The van der Waals surface area contributed by atoms with Crippen LogP contribution in [0.1, 0.15) is 30.6 Å². The summed E-state index contributed by atoms with van der Waals surface area (Å²) < 4.78 is 0. The highest BCUT2D eigenvalue weighted by Gasteiger charge is 2.24. The Morgan fingerprint density at radius 2 is 2.00 bits per heavy atom. The summed E-state index contributed by atoms with van der Waals surface area (Å²) in [6.45, 7) is 3.41. The van der Waals surface area contributed by atoms with Crippen LogP contribution >= 0.6 is 11.6 Å². The predicted molar refractivity (Wildman–Crippen MR) is 71.2 cm³/mol. The van der Waals surface area contributed by atoms with Crippen molar-refractivity contribution in [3.8, 4) is 0 Å². The molecule has 2 amide bonds. The Bertz CT molecular complexity index is 486. The van der Waals surface area contributed by atoms with Gasteiger partial charge in [0, 0.05) is 22.7 Å². The third kappa shape index (κ3) is 3.92. The molecule has 0 heterocycles. The minimum Gasteiger partial charge on any atom is -0.398 e. The zero-order chi connectivity index (χ0) is 13.9. The van der Waals surface area contributed by atoms with Crippen molar-refractivity contribution in [2.75, 3.05) is 5.73 Å². The van der Waals surface area contributed by atoms with Crippen LogP contribution in [0.25, 0.3) is 0 Å². The van der Waals surface area contributed by atoms with E-state index >= 15 is 0 Å². The fourth-order valence-corrected chi connectivity index (χ4v) is 1.75. The van der Waals surface area contributed by atoms with Crippen LogP contribution in [-0.2, 0) is 4.79 Å². The Balaban J connectivity index is 2.88. The van der Waals surface area contributed by atoms with Crippen molar-refractivity contribution >= 4 is 29.1 Å². The molecule has 0 aromatic heterocycles. The second kappa shape index (κ2) is 5.27. The van der Waals surface area contributed by atoms with Gasteiger partial charge in [-0.05, 0) is 32.0 Å². The molecule has 0 atom stereocenters. The number of hydrogen-bond donors (Lipinski definition) is 3. The number of benzene rings is 1. The number of nitrogens with one attached hydrogen (secondary N) is 1. The highest BCUT2D eigenvalue weighted by Crippen LogP contribution is 2.19. The van der Waals surface area contributed by atoms with E-state index in [1.807, 2.05) is 0 Å². The van der Waals surface area contributed by atoms with Gasteiger partial charge < -0.3 is 16.8 Å². The highest BCUT2D eigenvalue weighted by molar-refractivity contribution is 6.31. The lowest BCUT2D eigenvalue weighted by molar-refractivity contribution is -0.119. The summed E-state index contributed by atoms with van der Waals surface area (Å²) in [6, 6.07) is 4.63. The second-order valence-corrected chi connectivity index (χ2v) is 5.15. The number of hydrogen-bond acceptors (Lipinski definition) is 3. The second-order valence-electron chi connectivity index (χ2n) is 4.71. The van der Waals surface area contributed by atoms with Gasteiger partial charge in [0.25, 0.3) is 5.91 Å². The van der Waals surface area contributed by atoms with Crippen LogP contribution in [-0.4, -0.2) is 17.4 Å². The predicted octanol–water partition coefficient (Wildman–Crippen LogP) is 1.31. The Morgan fingerprint density at radius 3 is 2.56 bits per heavy atom. The minimum atomic E-state index is -0.738. The zero-order valence-electron chi connectivity index (χ0n) is 10.3. The summed E-state index contributed by atoms with van der Waals surface area (Å²) in [4.78, 5) is 22.9. The van der Waals surface area contributed by atoms with E-state index in [1.54, 1.807) is 26.0 Å². The SMILES string of the molecule is CC(C)(CC(N)=O)NC(=O)c1cc(Cl)ccc1N. The molecule has 1 rings (SSSR count). The normalized spacial score (nSPS) is 11.1. The van der Waals surface area contributed by atoms with Gasteiger partial charge in [-0.15, -0.1) is 0 Å². The van der Waals surface area contributed by atoms with Crippen molar-refractivity contribution in [1.82, 2.24) is 5.32 Å².